The number of halogens is 3. The molecule has 336 valence electrons. The number of carbonyl (C=O) groups excluding carboxylic acids is 4. The molecule has 17 nitrogen and oxygen atoms in total. The smallest absolute Gasteiger partial charge is 0.301 e. The maximum Gasteiger partial charge on any atom is 0.301 e. The van der Waals surface area contributed by atoms with Gasteiger partial charge in [-0.25, -0.2) is 28.1 Å². The first-order chi connectivity index (χ1) is 30.7. The van der Waals surface area contributed by atoms with E-state index in [-0.39, 0.29) is 53.3 Å². The second-order valence-corrected chi connectivity index (χ2v) is 17.9. The molecular weight excluding hydrogens is 856 g/mol. The fourth-order valence-corrected chi connectivity index (χ4v) is 9.09. The maximum atomic E-state index is 15.6. The summed E-state index contributed by atoms with van der Waals surface area (Å²) in [5.74, 6) is -4.44. The molecule has 0 saturated carbocycles. The highest BCUT2D eigenvalue weighted by Gasteiger charge is 2.31. The van der Waals surface area contributed by atoms with Crippen molar-refractivity contribution in [3.05, 3.63) is 89.8 Å². The first kappa shape index (κ1) is 44.0. The second-order valence-electron chi connectivity index (χ2n) is 16.1. The summed E-state index contributed by atoms with van der Waals surface area (Å²) in [7, 11) is -2.88. The molecule has 3 amide bonds. The molecule has 5 aromatic rings. The summed E-state index contributed by atoms with van der Waals surface area (Å²) in [6, 6.07) is 7.45. The quantitative estimate of drug-likeness (QED) is 0.0817. The van der Waals surface area contributed by atoms with Gasteiger partial charge in [0.05, 0.1) is 16.9 Å². The number of pyridine rings is 1. The lowest BCUT2D eigenvalue weighted by Crippen LogP contribution is -2.48. The normalized spacial score (nSPS) is 17.8. The summed E-state index contributed by atoms with van der Waals surface area (Å²) in [5.41, 5.74) is 0.688. The number of imide groups is 1. The minimum atomic E-state index is -4.16. The molecule has 1 atom stereocenters. The Balaban J connectivity index is 0.839. The third kappa shape index (κ3) is 9.21. The number of rotatable bonds is 13. The van der Waals surface area contributed by atoms with Crippen molar-refractivity contribution in [2.45, 2.75) is 57.5 Å². The van der Waals surface area contributed by atoms with Crippen LogP contribution in [0.2, 0.25) is 0 Å². The molecular formula is C43H46F3N11O6S. The number of hydrogen-bond donors (Lipinski definition) is 5. The average Bonchev–Trinajstić information content (AvgIpc) is 3.72. The zero-order valence-corrected chi connectivity index (χ0v) is 35.8. The van der Waals surface area contributed by atoms with Gasteiger partial charge >= 0.3 is 10.2 Å². The van der Waals surface area contributed by atoms with Crippen LogP contribution in [0.1, 0.15) is 61.4 Å². The summed E-state index contributed by atoms with van der Waals surface area (Å²) >= 11 is 0. The molecule has 6 heterocycles. The van der Waals surface area contributed by atoms with E-state index < -0.39 is 56.6 Å². The Morgan fingerprint density at radius 3 is 2.27 bits per heavy atom. The SMILES string of the molecule is CCN(C)S(=O)(=O)Nc1ccc(F)c(C(=O)c2c[nH]c3ncc(-c4cnc(N5CCC(C(=O)NC6CCN(c7ccc(NC8CCC(=O)NC8=O)cc7F)CC6)CC5)nc4)cc23)c1F. The molecule has 21 heteroatoms. The van der Waals surface area contributed by atoms with Gasteiger partial charge in [0.2, 0.25) is 29.5 Å². The van der Waals surface area contributed by atoms with Gasteiger partial charge in [0, 0.05) is 111 Å². The first-order valence-corrected chi connectivity index (χ1v) is 22.4. The molecule has 2 aromatic carbocycles. The highest BCUT2D eigenvalue weighted by molar-refractivity contribution is 7.90. The highest BCUT2D eigenvalue weighted by atomic mass is 32.2. The molecule has 1 unspecified atom stereocenters. The Hall–Kier alpha value is -6.61. The van der Waals surface area contributed by atoms with Gasteiger partial charge in [-0.15, -0.1) is 0 Å². The Morgan fingerprint density at radius 2 is 1.58 bits per heavy atom. The number of anilines is 4. The molecule has 0 spiro atoms. The van der Waals surface area contributed by atoms with Crippen LogP contribution < -0.4 is 30.5 Å². The van der Waals surface area contributed by atoms with Crippen molar-refractivity contribution < 1.29 is 40.8 Å². The van der Waals surface area contributed by atoms with Crippen molar-refractivity contribution in [1.82, 2.24) is 34.9 Å². The Morgan fingerprint density at radius 1 is 0.875 bits per heavy atom. The number of nitrogens with one attached hydrogen (secondary N) is 5. The Labute approximate surface area is 366 Å². The fourth-order valence-electron chi connectivity index (χ4n) is 8.15. The van der Waals surface area contributed by atoms with Crippen molar-refractivity contribution in [3.63, 3.8) is 0 Å². The molecule has 3 fully saturated rings. The molecule has 64 heavy (non-hydrogen) atoms. The van der Waals surface area contributed by atoms with Crippen molar-refractivity contribution >= 4 is 67.8 Å². The lowest BCUT2D eigenvalue weighted by atomic mass is 9.94. The van der Waals surface area contributed by atoms with E-state index in [1.807, 2.05) is 9.80 Å². The molecule has 0 aliphatic carbocycles. The van der Waals surface area contributed by atoms with Gasteiger partial charge in [-0.3, -0.25) is 29.2 Å². The van der Waals surface area contributed by atoms with Gasteiger partial charge in [-0.1, -0.05) is 6.92 Å². The molecule has 3 aliphatic rings. The average molecular weight is 902 g/mol. The van der Waals surface area contributed by atoms with E-state index in [0.29, 0.717) is 86.7 Å². The minimum absolute atomic E-state index is 0.0162. The second kappa shape index (κ2) is 18.2. The summed E-state index contributed by atoms with van der Waals surface area (Å²) in [4.78, 5) is 70.8. The van der Waals surface area contributed by atoms with Crippen molar-refractivity contribution in [3.8, 4) is 11.1 Å². The lowest BCUT2D eigenvalue weighted by Gasteiger charge is -2.36. The van der Waals surface area contributed by atoms with Crippen LogP contribution in [0, 0.1) is 23.4 Å². The zero-order valence-electron chi connectivity index (χ0n) is 35.0. The Bertz CT molecular complexity index is 2720. The molecule has 3 aromatic heterocycles. The van der Waals surface area contributed by atoms with E-state index in [1.165, 1.54) is 19.3 Å². The monoisotopic (exact) mass is 901 g/mol. The third-order valence-electron chi connectivity index (χ3n) is 12.0. The number of fused-ring (bicyclic) bond motifs is 1. The van der Waals surface area contributed by atoms with Crippen LogP contribution in [0.15, 0.2) is 61.2 Å². The van der Waals surface area contributed by atoms with E-state index in [9.17, 15) is 27.6 Å². The summed E-state index contributed by atoms with van der Waals surface area (Å²) in [6.07, 6.45) is 9.08. The minimum Gasteiger partial charge on any atom is -0.374 e. The fraction of sp³-hybridized carbons (Fsp3) is 0.372. The number of H-pyrrole nitrogens is 1. The molecule has 8 rings (SSSR count). The van der Waals surface area contributed by atoms with E-state index in [4.69, 9.17) is 0 Å². The van der Waals surface area contributed by atoms with Crippen LogP contribution in [0.4, 0.5) is 36.2 Å². The van der Waals surface area contributed by atoms with E-state index in [0.717, 1.165) is 16.4 Å². The predicted octanol–water partition coefficient (Wildman–Crippen LogP) is 4.50. The van der Waals surface area contributed by atoms with Crippen LogP contribution in [-0.4, -0.2) is 108 Å². The van der Waals surface area contributed by atoms with E-state index in [2.05, 4.69) is 40.6 Å². The zero-order chi connectivity index (χ0) is 45.3. The number of hydrogen-bond acceptors (Lipinski definition) is 12. The predicted molar refractivity (Wildman–Crippen MR) is 232 cm³/mol. The summed E-state index contributed by atoms with van der Waals surface area (Å²) in [6.45, 7) is 3.89. The lowest BCUT2D eigenvalue weighted by molar-refractivity contribution is -0.133. The molecule has 3 saturated heterocycles. The number of carbonyl (C=O) groups is 4. The standard InChI is InChI=1S/C43H46F3N11O6S/c1-3-55(2)64(62,63)54-33-6-5-31(44)37(38(33)46)39(59)30-23-48-40-29(30)18-25(20-47-40)26-21-49-43(50-22-26)57-14-10-24(11-15-57)41(60)52-27-12-16-56(17-13-27)35-8-4-28(19-32(35)45)51-34-7-9-36(58)53-42(34)61/h4-6,8,18-24,27,34,51,54H,3,7,9-17H2,1-2H3,(H,47,48)(H,52,60)(H,53,58,61). The van der Waals surface area contributed by atoms with E-state index >= 15 is 13.2 Å². The van der Waals surface area contributed by atoms with Gasteiger partial charge in [0.15, 0.2) is 5.82 Å². The molecule has 5 N–H and O–H groups in total. The molecule has 0 bridgehead atoms. The highest BCUT2D eigenvalue weighted by Crippen LogP contribution is 2.31. The van der Waals surface area contributed by atoms with Gasteiger partial charge in [0.25, 0.3) is 0 Å². The van der Waals surface area contributed by atoms with Crippen molar-refractivity contribution in [2.75, 3.05) is 59.6 Å². The summed E-state index contributed by atoms with van der Waals surface area (Å²) < 4.78 is 73.9. The number of aromatic nitrogens is 4. The number of ketones is 1. The van der Waals surface area contributed by atoms with Crippen molar-refractivity contribution in [1.29, 1.82) is 0 Å². The number of aromatic amines is 1. The topological polar surface area (TPSA) is 215 Å². The van der Waals surface area contributed by atoms with Gasteiger partial charge in [0.1, 0.15) is 23.3 Å². The van der Waals surface area contributed by atoms with Crippen molar-refractivity contribution in [2.24, 2.45) is 5.92 Å². The Kier molecular flexibility index (Phi) is 12.5. The third-order valence-corrected chi connectivity index (χ3v) is 13.6. The molecule has 3 aliphatic heterocycles. The molecule has 0 radical (unpaired) electrons. The number of benzene rings is 2. The first-order valence-electron chi connectivity index (χ1n) is 21.0. The number of piperidine rings is 3. The van der Waals surface area contributed by atoms with Crippen LogP contribution in [0.5, 0.6) is 0 Å². The van der Waals surface area contributed by atoms with Gasteiger partial charge in [-0.2, -0.15) is 12.7 Å². The number of nitrogens with zero attached hydrogens (tertiary/aromatic N) is 6. The van der Waals surface area contributed by atoms with Crippen LogP contribution >= 0.6 is 0 Å². The van der Waals surface area contributed by atoms with Gasteiger partial charge in [-0.05, 0) is 68.5 Å². The maximum absolute atomic E-state index is 15.6. The number of amides is 3. The van der Waals surface area contributed by atoms with Crippen LogP contribution in [0.25, 0.3) is 22.2 Å². The summed E-state index contributed by atoms with van der Waals surface area (Å²) in [5, 5.41) is 8.76. The van der Waals surface area contributed by atoms with Crippen LogP contribution in [-0.2, 0) is 24.6 Å². The van der Waals surface area contributed by atoms with Crippen LogP contribution in [0.3, 0.4) is 0 Å². The van der Waals surface area contributed by atoms with Gasteiger partial charge < -0.3 is 25.4 Å². The largest absolute Gasteiger partial charge is 0.374 e. The van der Waals surface area contributed by atoms with E-state index in [1.54, 1.807) is 43.7 Å².